The summed E-state index contributed by atoms with van der Waals surface area (Å²) in [6, 6.07) is 7.54. The molecule has 10 heteroatoms. The van der Waals surface area contributed by atoms with E-state index in [0.29, 0.717) is 26.4 Å². The molecule has 2 aromatic heterocycles. The molecule has 4 rings (SSSR count). The number of aromatic nitrogens is 1. The van der Waals surface area contributed by atoms with Crippen molar-refractivity contribution in [1.82, 2.24) is 4.57 Å². The first-order valence-electron chi connectivity index (χ1n) is 11.3. The van der Waals surface area contributed by atoms with Crippen LogP contribution in [0.4, 0.5) is 0 Å². The van der Waals surface area contributed by atoms with Crippen LogP contribution in [-0.4, -0.2) is 30.2 Å². The zero-order valence-electron chi connectivity index (χ0n) is 20.6. The van der Waals surface area contributed by atoms with Crippen molar-refractivity contribution in [1.29, 1.82) is 0 Å². The Hall–Kier alpha value is -3.92. The molecule has 1 aliphatic heterocycles. The Morgan fingerprint density at radius 2 is 2.03 bits per heavy atom. The third kappa shape index (κ3) is 5.03. The molecule has 36 heavy (non-hydrogen) atoms. The number of carbonyl (C=O) groups excluding carboxylic acids is 2. The maximum Gasteiger partial charge on any atom is 0.338 e. The van der Waals surface area contributed by atoms with Crippen molar-refractivity contribution >= 4 is 29.4 Å². The van der Waals surface area contributed by atoms with Gasteiger partial charge in [0.05, 0.1) is 41.8 Å². The molecule has 1 aliphatic rings. The topological polar surface area (TPSA) is 109 Å². The minimum Gasteiger partial charge on any atom is -0.493 e. The molecule has 0 N–H and O–H groups in total. The number of carbonyl (C=O) groups is 2. The molecule has 0 bridgehead atoms. The van der Waals surface area contributed by atoms with E-state index in [1.807, 2.05) is 13.8 Å². The molecule has 0 fully saturated rings. The van der Waals surface area contributed by atoms with Gasteiger partial charge in [0, 0.05) is 13.0 Å². The second kappa shape index (κ2) is 10.4. The van der Waals surface area contributed by atoms with Gasteiger partial charge in [-0.1, -0.05) is 31.3 Å². The highest BCUT2D eigenvalue weighted by Crippen LogP contribution is 2.36. The number of thiazole rings is 1. The zero-order chi connectivity index (χ0) is 26.0. The lowest BCUT2D eigenvalue weighted by Gasteiger charge is -2.25. The van der Waals surface area contributed by atoms with Gasteiger partial charge in [0.25, 0.3) is 5.56 Å². The lowest BCUT2D eigenvalue weighted by atomic mass is 9.95. The van der Waals surface area contributed by atoms with Crippen LogP contribution < -0.4 is 24.4 Å². The molecule has 0 unspecified atom stereocenters. The van der Waals surface area contributed by atoms with Gasteiger partial charge in [0.2, 0.25) is 0 Å². The Kier molecular flexibility index (Phi) is 7.25. The van der Waals surface area contributed by atoms with Crippen molar-refractivity contribution < 1.29 is 28.2 Å². The second-order valence-electron chi connectivity index (χ2n) is 8.59. The van der Waals surface area contributed by atoms with Gasteiger partial charge in [-0.2, -0.15) is 0 Å². The normalized spacial score (nSPS) is 15.5. The molecule has 188 valence electrons. The van der Waals surface area contributed by atoms with Gasteiger partial charge in [-0.15, -0.1) is 0 Å². The highest BCUT2D eigenvalue weighted by molar-refractivity contribution is 7.07. The van der Waals surface area contributed by atoms with E-state index in [9.17, 15) is 14.4 Å². The third-order valence-corrected chi connectivity index (χ3v) is 6.35. The zero-order valence-corrected chi connectivity index (χ0v) is 21.4. The SMILES string of the molecule is COc1cc([C@@H]2C(C(=O)OCC(C)C)=C(C)N=c3s/c(=C/c4ccco4)c(=O)n32)ccc1OC(C)=O. The Bertz CT molecular complexity index is 1510. The van der Waals surface area contributed by atoms with Gasteiger partial charge in [-0.25, -0.2) is 9.79 Å². The van der Waals surface area contributed by atoms with Crippen LogP contribution in [0.25, 0.3) is 6.08 Å². The lowest BCUT2D eigenvalue weighted by Crippen LogP contribution is -2.40. The summed E-state index contributed by atoms with van der Waals surface area (Å²) in [5.74, 6) is 0.106. The first-order chi connectivity index (χ1) is 17.2. The van der Waals surface area contributed by atoms with E-state index in [4.69, 9.17) is 18.6 Å². The van der Waals surface area contributed by atoms with Gasteiger partial charge in [0.1, 0.15) is 5.76 Å². The van der Waals surface area contributed by atoms with Crippen molar-refractivity contribution in [2.45, 2.75) is 33.7 Å². The number of fused-ring (bicyclic) bond motifs is 1. The average molecular weight is 511 g/mol. The van der Waals surface area contributed by atoms with Crippen LogP contribution in [0.1, 0.15) is 45.1 Å². The second-order valence-corrected chi connectivity index (χ2v) is 9.60. The predicted molar refractivity (Wildman–Crippen MR) is 133 cm³/mol. The first-order valence-corrected chi connectivity index (χ1v) is 12.1. The van der Waals surface area contributed by atoms with E-state index in [2.05, 4.69) is 4.99 Å². The lowest BCUT2D eigenvalue weighted by molar-refractivity contribution is -0.140. The van der Waals surface area contributed by atoms with Crippen molar-refractivity contribution in [3.8, 4) is 11.5 Å². The molecular weight excluding hydrogens is 484 g/mol. The van der Waals surface area contributed by atoms with E-state index in [0.717, 1.165) is 0 Å². The van der Waals surface area contributed by atoms with Crippen molar-refractivity contribution in [2.24, 2.45) is 10.9 Å². The largest absolute Gasteiger partial charge is 0.493 e. The van der Waals surface area contributed by atoms with E-state index in [-0.39, 0.29) is 35.2 Å². The van der Waals surface area contributed by atoms with Gasteiger partial charge < -0.3 is 18.6 Å². The summed E-state index contributed by atoms with van der Waals surface area (Å²) in [6.45, 7) is 7.11. The van der Waals surface area contributed by atoms with Gasteiger partial charge in [-0.3, -0.25) is 14.2 Å². The number of hydrogen-bond acceptors (Lipinski definition) is 9. The van der Waals surface area contributed by atoms with Crippen molar-refractivity contribution in [2.75, 3.05) is 13.7 Å². The summed E-state index contributed by atoms with van der Waals surface area (Å²) < 4.78 is 23.5. The summed E-state index contributed by atoms with van der Waals surface area (Å²) >= 11 is 1.20. The Morgan fingerprint density at radius 3 is 2.67 bits per heavy atom. The van der Waals surface area contributed by atoms with E-state index in [1.54, 1.807) is 43.3 Å². The molecule has 0 radical (unpaired) electrons. The molecule has 9 nitrogen and oxygen atoms in total. The quantitative estimate of drug-likeness (QED) is 0.355. The number of hydrogen-bond donors (Lipinski definition) is 0. The number of rotatable bonds is 7. The third-order valence-electron chi connectivity index (χ3n) is 5.36. The predicted octanol–water partition coefficient (Wildman–Crippen LogP) is 2.96. The van der Waals surface area contributed by atoms with Crippen LogP contribution in [0.3, 0.4) is 0 Å². The fourth-order valence-electron chi connectivity index (χ4n) is 3.81. The standard InChI is InChI=1S/C26H26N2O7S/c1-14(2)13-34-25(31)22-15(3)27-26-28(24(30)21(36-26)12-18-7-6-10-33-18)23(22)17-8-9-19(35-16(4)29)20(11-17)32-5/h6-12,14,23H,13H2,1-5H3/b21-12+/t23-/m1/s1. The smallest absolute Gasteiger partial charge is 0.338 e. The van der Waals surface area contributed by atoms with Crippen LogP contribution in [0.5, 0.6) is 11.5 Å². The summed E-state index contributed by atoms with van der Waals surface area (Å²) in [5, 5.41) is 0. The number of nitrogens with zero attached hydrogens (tertiary/aromatic N) is 2. The number of furan rings is 1. The molecule has 0 spiro atoms. The van der Waals surface area contributed by atoms with Gasteiger partial charge in [0.15, 0.2) is 16.3 Å². The minimum atomic E-state index is -0.833. The van der Waals surface area contributed by atoms with E-state index in [1.165, 1.54) is 36.2 Å². The van der Waals surface area contributed by atoms with Crippen LogP contribution in [0.2, 0.25) is 0 Å². The monoisotopic (exact) mass is 510 g/mol. The maximum absolute atomic E-state index is 13.6. The number of esters is 2. The van der Waals surface area contributed by atoms with Crippen molar-refractivity contribution in [3.05, 3.63) is 78.9 Å². The fraction of sp³-hybridized carbons (Fsp3) is 0.308. The summed E-state index contributed by atoms with van der Waals surface area (Å²) in [7, 11) is 1.44. The minimum absolute atomic E-state index is 0.130. The van der Waals surface area contributed by atoms with Gasteiger partial charge >= 0.3 is 11.9 Å². The van der Waals surface area contributed by atoms with Crippen molar-refractivity contribution in [3.63, 3.8) is 0 Å². The number of ether oxygens (including phenoxy) is 3. The Balaban J connectivity index is 1.92. The molecule has 3 heterocycles. The molecular formula is C26H26N2O7S. The highest BCUT2D eigenvalue weighted by Gasteiger charge is 2.34. The molecule has 0 saturated carbocycles. The highest BCUT2D eigenvalue weighted by atomic mass is 32.1. The molecule has 3 aromatic rings. The average Bonchev–Trinajstić information content (AvgIpc) is 3.44. The van der Waals surface area contributed by atoms with Crippen LogP contribution in [-0.2, 0) is 14.3 Å². The number of benzene rings is 1. The maximum atomic E-state index is 13.6. The van der Waals surface area contributed by atoms with Crippen LogP contribution >= 0.6 is 11.3 Å². The van der Waals surface area contributed by atoms with Crippen LogP contribution in [0.15, 0.2) is 62.1 Å². The van der Waals surface area contributed by atoms with Gasteiger partial charge in [-0.05, 0) is 42.7 Å². The van der Waals surface area contributed by atoms with Crippen LogP contribution in [0, 0.1) is 5.92 Å². The Labute approximate surface area is 210 Å². The Morgan fingerprint density at radius 1 is 1.25 bits per heavy atom. The number of allylic oxidation sites excluding steroid dienone is 1. The molecule has 0 saturated heterocycles. The first kappa shape index (κ1) is 25.2. The van der Waals surface area contributed by atoms with E-state index < -0.39 is 18.0 Å². The fourth-order valence-corrected chi connectivity index (χ4v) is 4.84. The summed E-state index contributed by atoms with van der Waals surface area (Å²) in [6.07, 6.45) is 3.16. The van der Waals surface area contributed by atoms with E-state index >= 15 is 0 Å². The molecule has 1 aromatic carbocycles. The summed E-state index contributed by atoms with van der Waals surface area (Å²) in [4.78, 5) is 43.4. The molecule has 1 atom stereocenters. The molecule has 0 aliphatic carbocycles. The number of methoxy groups -OCH3 is 1. The summed E-state index contributed by atoms with van der Waals surface area (Å²) in [5.41, 5.74) is 0.932. The molecule has 0 amide bonds.